The Kier molecular flexibility index (Phi) is 6.84. The van der Waals surface area contributed by atoms with Crippen LogP contribution in [-0.2, 0) is 4.79 Å². The van der Waals surface area contributed by atoms with Crippen molar-refractivity contribution < 1.29 is 24.1 Å². The van der Waals surface area contributed by atoms with Gasteiger partial charge in [0.05, 0.1) is 7.11 Å². The third kappa shape index (κ3) is 5.25. The van der Waals surface area contributed by atoms with E-state index in [0.717, 1.165) is 16.9 Å². The van der Waals surface area contributed by atoms with Gasteiger partial charge in [0.25, 0.3) is 0 Å². The molecule has 0 fully saturated rings. The van der Waals surface area contributed by atoms with Crippen LogP contribution in [0.5, 0.6) is 17.2 Å². The molecule has 0 saturated carbocycles. The fourth-order valence-corrected chi connectivity index (χ4v) is 2.37. The Bertz CT molecular complexity index is 896. The normalized spacial score (nSPS) is 10.8. The van der Waals surface area contributed by atoms with Crippen LogP contribution in [0.25, 0.3) is 6.08 Å². The Labute approximate surface area is 158 Å². The van der Waals surface area contributed by atoms with E-state index in [1.165, 1.54) is 13.2 Å². The summed E-state index contributed by atoms with van der Waals surface area (Å²) < 4.78 is 16.7. The van der Waals surface area contributed by atoms with Crippen molar-refractivity contribution in [2.75, 3.05) is 20.3 Å². The van der Waals surface area contributed by atoms with Crippen molar-refractivity contribution in [3.63, 3.8) is 0 Å². The van der Waals surface area contributed by atoms with E-state index in [0.29, 0.717) is 23.7 Å². The molecule has 0 saturated heterocycles. The molecule has 0 aliphatic rings. The first-order valence-electron chi connectivity index (χ1n) is 8.31. The van der Waals surface area contributed by atoms with Gasteiger partial charge >= 0.3 is 5.97 Å². The van der Waals surface area contributed by atoms with Crippen LogP contribution in [-0.4, -0.2) is 31.4 Å². The Hall–Kier alpha value is -3.46. The molecule has 0 bridgehead atoms. The van der Waals surface area contributed by atoms with Crippen LogP contribution in [0.1, 0.15) is 16.7 Å². The number of carboxylic acid groups (broad SMARTS) is 1. The summed E-state index contributed by atoms with van der Waals surface area (Å²) in [6.45, 7) is 4.57. The largest absolute Gasteiger partial charge is 0.497 e. The van der Waals surface area contributed by atoms with E-state index in [9.17, 15) is 4.79 Å². The number of carbonyl (C=O) groups is 1. The summed E-state index contributed by atoms with van der Waals surface area (Å²) in [5.41, 5.74) is 2.31. The zero-order valence-electron chi connectivity index (χ0n) is 15.5. The molecule has 0 radical (unpaired) electrons. The molecule has 140 valence electrons. The third-order valence-electron chi connectivity index (χ3n) is 4.02. The predicted molar refractivity (Wildman–Crippen MR) is 101 cm³/mol. The van der Waals surface area contributed by atoms with Gasteiger partial charge in [0.1, 0.15) is 42.1 Å². The second-order valence-corrected chi connectivity index (χ2v) is 5.77. The van der Waals surface area contributed by atoms with E-state index in [4.69, 9.17) is 24.6 Å². The molecule has 0 atom stereocenters. The SMILES string of the molecule is COc1ccc(C=C(C#N)C(=O)O)c(OCCOc2cccc(C)c2C)c1. The molecule has 2 aromatic rings. The van der Waals surface area contributed by atoms with Gasteiger partial charge < -0.3 is 19.3 Å². The average Bonchev–Trinajstić information content (AvgIpc) is 2.66. The average molecular weight is 367 g/mol. The van der Waals surface area contributed by atoms with E-state index in [2.05, 4.69) is 0 Å². The molecule has 2 rings (SSSR count). The smallest absolute Gasteiger partial charge is 0.346 e. The van der Waals surface area contributed by atoms with Crippen LogP contribution in [0, 0.1) is 25.2 Å². The number of aryl methyl sites for hydroxylation is 1. The number of methoxy groups -OCH3 is 1. The van der Waals surface area contributed by atoms with Crippen molar-refractivity contribution in [2.45, 2.75) is 13.8 Å². The Morgan fingerprint density at radius 2 is 1.85 bits per heavy atom. The molecule has 2 aromatic carbocycles. The summed E-state index contributed by atoms with van der Waals surface area (Å²) in [5, 5.41) is 18.0. The van der Waals surface area contributed by atoms with Crippen LogP contribution < -0.4 is 14.2 Å². The molecule has 27 heavy (non-hydrogen) atoms. The molecule has 0 aliphatic carbocycles. The van der Waals surface area contributed by atoms with Gasteiger partial charge in [0, 0.05) is 11.6 Å². The molecule has 0 amide bonds. The molecule has 0 heterocycles. The number of aliphatic carboxylic acids is 1. The van der Waals surface area contributed by atoms with Gasteiger partial charge in [-0.15, -0.1) is 0 Å². The quantitative estimate of drug-likeness (QED) is 0.434. The molecule has 0 spiro atoms. The summed E-state index contributed by atoms with van der Waals surface area (Å²) in [6, 6.07) is 12.4. The lowest BCUT2D eigenvalue weighted by Gasteiger charge is -2.13. The molecular weight excluding hydrogens is 346 g/mol. The fraction of sp³-hybridized carbons (Fsp3) is 0.238. The van der Waals surface area contributed by atoms with Crippen molar-refractivity contribution in [3.8, 4) is 23.3 Å². The number of hydrogen-bond acceptors (Lipinski definition) is 5. The van der Waals surface area contributed by atoms with E-state index in [-0.39, 0.29) is 12.2 Å². The van der Waals surface area contributed by atoms with Crippen molar-refractivity contribution in [1.82, 2.24) is 0 Å². The molecule has 6 nitrogen and oxygen atoms in total. The minimum Gasteiger partial charge on any atom is -0.497 e. The minimum atomic E-state index is -1.29. The second-order valence-electron chi connectivity index (χ2n) is 5.77. The lowest BCUT2D eigenvalue weighted by atomic mass is 10.1. The summed E-state index contributed by atoms with van der Waals surface area (Å²) in [5.74, 6) is 0.471. The maximum atomic E-state index is 11.1. The van der Waals surface area contributed by atoms with Gasteiger partial charge in [-0.25, -0.2) is 4.79 Å². The summed E-state index contributed by atoms with van der Waals surface area (Å²) in [6.07, 6.45) is 1.27. The molecular formula is C21H21NO5. The number of carboxylic acids is 1. The molecule has 0 aromatic heterocycles. The number of nitrogens with zero attached hydrogens (tertiary/aromatic N) is 1. The van der Waals surface area contributed by atoms with E-state index < -0.39 is 5.97 Å². The first kappa shape index (κ1) is 19.9. The topological polar surface area (TPSA) is 88.8 Å². The Balaban J connectivity index is 2.11. The molecule has 0 aliphatic heterocycles. The zero-order chi connectivity index (χ0) is 19.8. The van der Waals surface area contributed by atoms with Gasteiger partial charge in [-0.3, -0.25) is 0 Å². The zero-order valence-corrected chi connectivity index (χ0v) is 15.5. The standard InChI is InChI=1S/C21H21NO5/c1-14-5-4-6-19(15(14)2)26-9-10-27-20-12-18(25-3)8-7-16(20)11-17(13-22)21(23)24/h4-8,11-12H,9-10H2,1-3H3,(H,23,24). The number of hydrogen-bond donors (Lipinski definition) is 1. The van der Waals surface area contributed by atoms with Gasteiger partial charge in [0.15, 0.2) is 0 Å². The highest BCUT2D eigenvalue weighted by atomic mass is 16.5. The Morgan fingerprint density at radius 1 is 1.15 bits per heavy atom. The van der Waals surface area contributed by atoms with Crippen LogP contribution in [0.15, 0.2) is 42.0 Å². The van der Waals surface area contributed by atoms with Crippen molar-refractivity contribution in [3.05, 3.63) is 58.7 Å². The highest BCUT2D eigenvalue weighted by Crippen LogP contribution is 2.27. The number of benzene rings is 2. The first-order valence-corrected chi connectivity index (χ1v) is 8.31. The first-order chi connectivity index (χ1) is 13.0. The van der Waals surface area contributed by atoms with Crippen molar-refractivity contribution in [1.29, 1.82) is 5.26 Å². The Morgan fingerprint density at radius 3 is 2.48 bits per heavy atom. The highest BCUT2D eigenvalue weighted by molar-refractivity contribution is 5.96. The molecule has 6 heteroatoms. The van der Waals surface area contributed by atoms with Crippen molar-refractivity contribution in [2.24, 2.45) is 0 Å². The van der Waals surface area contributed by atoms with Crippen molar-refractivity contribution >= 4 is 12.0 Å². The van der Waals surface area contributed by atoms with Gasteiger partial charge in [-0.05, 0) is 49.2 Å². The molecule has 1 N–H and O–H groups in total. The predicted octanol–water partition coefficient (Wildman–Crippen LogP) is 3.76. The second kappa shape index (κ2) is 9.30. The lowest BCUT2D eigenvalue weighted by Crippen LogP contribution is -2.10. The van der Waals surface area contributed by atoms with Crippen LogP contribution in [0.4, 0.5) is 0 Å². The van der Waals surface area contributed by atoms with Gasteiger partial charge in [-0.1, -0.05) is 12.1 Å². The third-order valence-corrected chi connectivity index (χ3v) is 4.02. The number of nitriles is 1. The summed E-state index contributed by atoms with van der Waals surface area (Å²) in [7, 11) is 1.52. The van der Waals surface area contributed by atoms with Crippen LogP contribution in [0.2, 0.25) is 0 Å². The number of rotatable bonds is 8. The summed E-state index contributed by atoms with van der Waals surface area (Å²) >= 11 is 0. The minimum absolute atomic E-state index is 0.246. The highest BCUT2D eigenvalue weighted by Gasteiger charge is 2.10. The fourth-order valence-electron chi connectivity index (χ4n) is 2.37. The van der Waals surface area contributed by atoms with Gasteiger partial charge in [0.2, 0.25) is 0 Å². The molecule has 0 unspecified atom stereocenters. The van der Waals surface area contributed by atoms with E-state index in [1.807, 2.05) is 32.0 Å². The monoisotopic (exact) mass is 367 g/mol. The van der Waals surface area contributed by atoms with E-state index in [1.54, 1.807) is 24.3 Å². The maximum absolute atomic E-state index is 11.1. The van der Waals surface area contributed by atoms with Gasteiger partial charge in [-0.2, -0.15) is 5.26 Å². The van der Waals surface area contributed by atoms with Crippen LogP contribution in [0.3, 0.4) is 0 Å². The maximum Gasteiger partial charge on any atom is 0.346 e. The summed E-state index contributed by atoms with van der Waals surface area (Å²) in [4.78, 5) is 11.1. The van der Waals surface area contributed by atoms with E-state index >= 15 is 0 Å². The number of ether oxygens (including phenoxy) is 3. The van der Waals surface area contributed by atoms with Crippen LogP contribution >= 0.6 is 0 Å². The lowest BCUT2D eigenvalue weighted by molar-refractivity contribution is -0.132.